The Morgan fingerprint density at radius 3 is 2.66 bits per heavy atom. The summed E-state index contributed by atoms with van der Waals surface area (Å²) in [6, 6.07) is 5.18. The number of halogens is 4. The molecule has 0 saturated heterocycles. The van der Waals surface area contributed by atoms with Crippen LogP contribution in [0.25, 0.3) is 22.2 Å². The largest absolute Gasteiger partial charge is 0.481 e. The van der Waals surface area contributed by atoms with Crippen molar-refractivity contribution in [1.29, 1.82) is 0 Å². The van der Waals surface area contributed by atoms with E-state index >= 15 is 0 Å². The third-order valence-corrected chi connectivity index (χ3v) is 6.11. The van der Waals surface area contributed by atoms with Crippen LogP contribution in [0.15, 0.2) is 48.0 Å². The summed E-state index contributed by atoms with van der Waals surface area (Å²) in [5.74, 6) is -1.39. The minimum atomic E-state index is -4.63. The SMILES string of the molecule is CC(C)n1cc(-c2cnnc(C(F)(F)F)c2)c2nc(SCc3ccc(F)c(CC(=O)O)c3)ncc21. The standard InChI is InChI=1S/C23H19F4N5O2S/c1-12(2)32-10-16(15-6-19(23(25,26)27)31-29-8-15)21-18(32)9-28-22(30-21)35-11-13-3-4-17(24)14(5-13)7-20(33)34/h3-6,8-10,12H,7,11H2,1-2H3,(H,33,34). The zero-order valence-corrected chi connectivity index (χ0v) is 19.4. The number of aromatic nitrogens is 5. The number of hydrogen-bond acceptors (Lipinski definition) is 6. The third kappa shape index (κ3) is 5.42. The molecule has 0 saturated carbocycles. The molecule has 0 aliphatic carbocycles. The van der Waals surface area contributed by atoms with Gasteiger partial charge in [-0.3, -0.25) is 4.79 Å². The number of carboxylic acids is 1. The van der Waals surface area contributed by atoms with Crippen LogP contribution in [0.1, 0.15) is 36.7 Å². The first-order valence-electron chi connectivity index (χ1n) is 10.4. The van der Waals surface area contributed by atoms with Gasteiger partial charge in [0, 0.05) is 29.1 Å². The molecular weight excluding hydrogens is 486 g/mol. The Labute approximate surface area is 201 Å². The molecule has 4 aromatic rings. The second kappa shape index (κ2) is 9.61. The minimum Gasteiger partial charge on any atom is -0.481 e. The maximum atomic E-state index is 13.9. The lowest BCUT2D eigenvalue weighted by atomic mass is 10.1. The zero-order valence-electron chi connectivity index (χ0n) is 18.5. The van der Waals surface area contributed by atoms with E-state index in [1.807, 2.05) is 18.4 Å². The molecule has 3 heterocycles. The van der Waals surface area contributed by atoms with Crippen molar-refractivity contribution in [2.45, 2.75) is 43.4 Å². The van der Waals surface area contributed by atoms with Crippen LogP contribution in [-0.2, 0) is 23.1 Å². The first kappa shape index (κ1) is 24.6. The van der Waals surface area contributed by atoms with Gasteiger partial charge in [-0.25, -0.2) is 14.4 Å². The van der Waals surface area contributed by atoms with E-state index < -0.39 is 30.1 Å². The molecule has 0 unspecified atom stereocenters. The van der Waals surface area contributed by atoms with Crippen LogP contribution in [0.4, 0.5) is 17.6 Å². The molecule has 182 valence electrons. The normalized spacial score (nSPS) is 12.0. The lowest BCUT2D eigenvalue weighted by Gasteiger charge is -2.08. The summed E-state index contributed by atoms with van der Waals surface area (Å²) in [7, 11) is 0. The van der Waals surface area contributed by atoms with Gasteiger partial charge < -0.3 is 9.67 Å². The van der Waals surface area contributed by atoms with E-state index in [9.17, 15) is 22.4 Å². The number of alkyl halides is 3. The average molecular weight is 505 g/mol. The van der Waals surface area contributed by atoms with Crippen molar-refractivity contribution < 1.29 is 27.5 Å². The highest BCUT2D eigenvalue weighted by Gasteiger charge is 2.33. The molecule has 0 aliphatic heterocycles. The molecule has 4 rings (SSSR count). The van der Waals surface area contributed by atoms with Crippen molar-refractivity contribution in [2.75, 3.05) is 0 Å². The highest BCUT2D eigenvalue weighted by atomic mass is 32.2. The summed E-state index contributed by atoms with van der Waals surface area (Å²) >= 11 is 1.24. The first-order valence-corrected chi connectivity index (χ1v) is 11.4. The Morgan fingerprint density at radius 1 is 1.20 bits per heavy atom. The summed E-state index contributed by atoms with van der Waals surface area (Å²) in [5.41, 5.74) is 1.46. The van der Waals surface area contributed by atoms with E-state index in [1.54, 1.807) is 18.5 Å². The second-order valence-electron chi connectivity index (χ2n) is 8.04. The van der Waals surface area contributed by atoms with Crippen LogP contribution in [0.3, 0.4) is 0 Å². The van der Waals surface area contributed by atoms with Gasteiger partial charge in [-0.1, -0.05) is 23.9 Å². The molecule has 7 nitrogen and oxygen atoms in total. The van der Waals surface area contributed by atoms with Crippen LogP contribution in [0.2, 0.25) is 0 Å². The van der Waals surface area contributed by atoms with Crippen molar-refractivity contribution in [1.82, 2.24) is 24.7 Å². The fourth-order valence-electron chi connectivity index (χ4n) is 3.54. The number of aliphatic carboxylic acids is 1. The first-order chi connectivity index (χ1) is 16.5. The van der Waals surface area contributed by atoms with Crippen molar-refractivity contribution in [3.8, 4) is 11.1 Å². The lowest BCUT2D eigenvalue weighted by Crippen LogP contribution is -2.08. The maximum absolute atomic E-state index is 13.9. The Bertz CT molecular complexity index is 1400. The van der Waals surface area contributed by atoms with Crippen molar-refractivity contribution in [3.05, 3.63) is 65.5 Å². The Kier molecular flexibility index (Phi) is 6.75. The van der Waals surface area contributed by atoms with E-state index in [1.165, 1.54) is 30.1 Å². The van der Waals surface area contributed by atoms with Crippen LogP contribution < -0.4 is 0 Å². The fraction of sp³-hybridized carbons (Fsp3) is 0.261. The van der Waals surface area contributed by atoms with Gasteiger partial charge in [-0.05, 0) is 37.1 Å². The van der Waals surface area contributed by atoms with Gasteiger partial charge in [-0.15, -0.1) is 5.10 Å². The number of nitrogens with zero attached hydrogens (tertiary/aromatic N) is 5. The summed E-state index contributed by atoms with van der Waals surface area (Å²) in [5, 5.41) is 16.0. The highest BCUT2D eigenvalue weighted by molar-refractivity contribution is 7.98. The van der Waals surface area contributed by atoms with Crippen LogP contribution in [0, 0.1) is 5.82 Å². The summed E-state index contributed by atoms with van der Waals surface area (Å²) < 4.78 is 55.3. The van der Waals surface area contributed by atoms with E-state index in [0.29, 0.717) is 33.1 Å². The van der Waals surface area contributed by atoms with Crippen LogP contribution in [-0.4, -0.2) is 35.8 Å². The van der Waals surface area contributed by atoms with E-state index in [-0.39, 0.29) is 17.2 Å². The molecule has 3 aromatic heterocycles. The second-order valence-corrected chi connectivity index (χ2v) is 8.98. The van der Waals surface area contributed by atoms with Crippen LogP contribution >= 0.6 is 11.8 Å². The van der Waals surface area contributed by atoms with Crippen molar-refractivity contribution in [3.63, 3.8) is 0 Å². The number of carbonyl (C=O) groups is 1. The summed E-state index contributed by atoms with van der Waals surface area (Å²) in [4.78, 5) is 19.9. The molecule has 0 atom stereocenters. The molecule has 1 N–H and O–H groups in total. The Morgan fingerprint density at radius 2 is 1.97 bits per heavy atom. The van der Waals surface area contributed by atoms with Gasteiger partial charge in [-0.2, -0.15) is 18.3 Å². The molecular formula is C23H19F4N5O2S. The fourth-order valence-corrected chi connectivity index (χ4v) is 4.30. The molecule has 1 aromatic carbocycles. The number of carboxylic acid groups (broad SMARTS) is 1. The van der Waals surface area contributed by atoms with Crippen molar-refractivity contribution in [2.24, 2.45) is 0 Å². The zero-order chi connectivity index (χ0) is 25.3. The summed E-state index contributed by atoms with van der Waals surface area (Å²) in [6.07, 6.45) is -0.489. The molecule has 0 amide bonds. The predicted molar refractivity (Wildman–Crippen MR) is 121 cm³/mol. The topological polar surface area (TPSA) is 93.8 Å². The molecule has 0 radical (unpaired) electrons. The lowest BCUT2D eigenvalue weighted by molar-refractivity contribution is -0.141. The molecule has 0 spiro atoms. The third-order valence-electron chi connectivity index (χ3n) is 5.18. The minimum absolute atomic E-state index is 0.00268. The van der Waals surface area contributed by atoms with Gasteiger partial charge in [0.2, 0.25) is 0 Å². The van der Waals surface area contributed by atoms with Gasteiger partial charge in [0.1, 0.15) is 11.3 Å². The molecule has 0 aliphatic rings. The number of hydrogen-bond donors (Lipinski definition) is 1. The smallest absolute Gasteiger partial charge is 0.435 e. The number of rotatable bonds is 7. The summed E-state index contributed by atoms with van der Waals surface area (Å²) in [6.45, 7) is 3.86. The monoisotopic (exact) mass is 505 g/mol. The quantitative estimate of drug-likeness (QED) is 0.200. The maximum Gasteiger partial charge on any atom is 0.435 e. The number of thioether (sulfide) groups is 1. The van der Waals surface area contributed by atoms with Gasteiger partial charge >= 0.3 is 12.1 Å². The molecule has 35 heavy (non-hydrogen) atoms. The molecule has 0 bridgehead atoms. The average Bonchev–Trinajstić information content (AvgIpc) is 3.18. The van der Waals surface area contributed by atoms with E-state index in [4.69, 9.17) is 5.11 Å². The predicted octanol–water partition coefficient (Wildman–Crippen LogP) is 5.55. The number of benzene rings is 1. The Hall–Kier alpha value is -3.54. The van der Waals surface area contributed by atoms with Gasteiger partial charge in [0.25, 0.3) is 0 Å². The van der Waals surface area contributed by atoms with Crippen LogP contribution in [0.5, 0.6) is 0 Å². The van der Waals surface area contributed by atoms with Gasteiger partial charge in [0.15, 0.2) is 10.9 Å². The molecule has 0 fully saturated rings. The Balaban J connectivity index is 1.69. The highest BCUT2D eigenvalue weighted by Crippen LogP contribution is 2.35. The van der Waals surface area contributed by atoms with Crippen molar-refractivity contribution >= 4 is 28.8 Å². The van der Waals surface area contributed by atoms with Gasteiger partial charge in [0.05, 0.1) is 24.3 Å². The number of fused-ring (bicyclic) bond motifs is 1. The molecule has 12 heteroatoms. The van der Waals surface area contributed by atoms with E-state index in [2.05, 4.69) is 20.2 Å². The van der Waals surface area contributed by atoms with E-state index in [0.717, 1.165) is 6.07 Å².